The number of Topliss-reactive ketones (excluding diaryl/α,β-unsaturated/α-hetero) is 1. The number of rotatable bonds is 5. The van der Waals surface area contributed by atoms with Gasteiger partial charge in [0.05, 0.1) is 0 Å². The Morgan fingerprint density at radius 1 is 1.10 bits per heavy atom. The molecule has 31 heavy (non-hydrogen) atoms. The largest absolute Gasteiger partial charge is 0.456 e. The SMILES string of the molecule is CN1C(=O)N(CC(=O)OCC(=O)c2ccc3c(c2)CCC(=O)N3)C(=O)C12CCCCC2. The zero-order valence-corrected chi connectivity index (χ0v) is 17.4. The molecule has 1 aliphatic carbocycles. The fraction of sp³-hybridized carbons (Fsp3) is 0.500. The highest BCUT2D eigenvalue weighted by Crippen LogP contribution is 2.39. The van der Waals surface area contributed by atoms with Gasteiger partial charge in [0, 0.05) is 24.7 Å². The van der Waals surface area contributed by atoms with Crippen LogP contribution in [0.2, 0.25) is 0 Å². The van der Waals surface area contributed by atoms with Gasteiger partial charge >= 0.3 is 12.0 Å². The quantitative estimate of drug-likeness (QED) is 0.436. The van der Waals surface area contributed by atoms with Crippen molar-refractivity contribution < 1.29 is 28.7 Å². The lowest BCUT2D eigenvalue weighted by molar-refractivity contribution is -0.147. The molecule has 1 saturated heterocycles. The number of urea groups is 1. The van der Waals surface area contributed by atoms with Crippen molar-refractivity contribution in [3.63, 3.8) is 0 Å². The van der Waals surface area contributed by atoms with E-state index < -0.39 is 36.5 Å². The Bertz CT molecular complexity index is 966. The highest BCUT2D eigenvalue weighted by atomic mass is 16.5. The van der Waals surface area contributed by atoms with E-state index in [0.29, 0.717) is 36.9 Å². The number of aryl methyl sites for hydroxylation is 1. The zero-order valence-electron chi connectivity index (χ0n) is 17.4. The van der Waals surface area contributed by atoms with Crippen LogP contribution in [0.25, 0.3) is 0 Å². The van der Waals surface area contributed by atoms with Crippen molar-refractivity contribution in [3.8, 4) is 0 Å². The van der Waals surface area contributed by atoms with E-state index in [1.807, 2.05) is 0 Å². The van der Waals surface area contributed by atoms with Crippen molar-refractivity contribution in [1.82, 2.24) is 9.80 Å². The number of carbonyl (C=O) groups excluding carboxylic acids is 5. The molecule has 1 saturated carbocycles. The number of nitrogens with zero attached hydrogens (tertiary/aromatic N) is 2. The lowest BCUT2D eigenvalue weighted by Crippen LogP contribution is -2.49. The minimum absolute atomic E-state index is 0.0628. The summed E-state index contributed by atoms with van der Waals surface area (Å²) in [4.78, 5) is 64.0. The molecule has 0 unspecified atom stereocenters. The fourth-order valence-corrected chi connectivity index (χ4v) is 4.63. The predicted octanol–water partition coefficient (Wildman–Crippen LogP) is 1.89. The third-order valence-corrected chi connectivity index (χ3v) is 6.46. The summed E-state index contributed by atoms with van der Waals surface area (Å²) in [5, 5.41) is 2.74. The maximum atomic E-state index is 12.9. The van der Waals surface area contributed by atoms with Crippen molar-refractivity contribution >= 4 is 35.3 Å². The van der Waals surface area contributed by atoms with E-state index in [1.165, 1.54) is 4.90 Å². The van der Waals surface area contributed by atoms with Crippen LogP contribution in [0.1, 0.15) is 54.4 Å². The molecule has 4 amide bonds. The van der Waals surface area contributed by atoms with Crippen molar-refractivity contribution in [2.24, 2.45) is 0 Å². The molecular formula is C22H25N3O6. The van der Waals surface area contributed by atoms with Gasteiger partial charge in [0.25, 0.3) is 5.91 Å². The summed E-state index contributed by atoms with van der Waals surface area (Å²) in [6, 6.07) is 4.39. The summed E-state index contributed by atoms with van der Waals surface area (Å²) in [6.45, 7) is -0.992. The molecule has 0 aromatic heterocycles. The molecule has 1 spiro atoms. The Hall–Kier alpha value is -3.23. The first-order valence-electron chi connectivity index (χ1n) is 10.5. The maximum absolute atomic E-state index is 12.9. The van der Waals surface area contributed by atoms with Gasteiger partial charge in [-0.2, -0.15) is 0 Å². The number of ketones is 1. The first-order chi connectivity index (χ1) is 14.8. The van der Waals surface area contributed by atoms with E-state index >= 15 is 0 Å². The number of hydrogen-bond acceptors (Lipinski definition) is 6. The van der Waals surface area contributed by atoms with Crippen molar-refractivity contribution in [2.45, 2.75) is 50.5 Å². The van der Waals surface area contributed by atoms with Crippen LogP contribution in [-0.2, 0) is 25.5 Å². The average molecular weight is 427 g/mol. The van der Waals surface area contributed by atoms with E-state index in [9.17, 15) is 24.0 Å². The molecule has 9 heteroatoms. The number of benzene rings is 1. The standard InChI is InChI=1S/C22H25N3O6/c1-24-21(30)25(20(29)22(24)9-3-2-4-10-22)12-19(28)31-13-17(26)15-5-7-16-14(11-15)6-8-18(27)23-16/h5,7,11H,2-4,6,8-10,12-13H2,1H3,(H,23,27). The first kappa shape index (κ1) is 21.0. The number of likely N-dealkylation sites (N-methyl/N-ethyl adjacent to an activating group) is 1. The van der Waals surface area contributed by atoms with E-state index in [1.54, 1.807) is 25.2 Å². The van der Waals surface area contributed by atoms with Crippen LogP contribution >= 0.6 is 0 Å². The molecule has 0 radical (unpaired) electrons. The van der Waals surface area contributed by atoms with E-state index in [2.05, 4.69) is 5.32 Å². The summed E-state index contributed by atoms with van der Waals surface area (Å²) < 4.78 is 5.07. The van der Waals surface area contributed by atoms with E-state index in [-0.39, 0.29) is 11.8 Å². The number of carbonyl (C=O) groups is 5. The molecule has 9 nitrogen and oxygen atoms in total. The number of amides is 4. The number of esters is 1. The normalized spacial score (nSPS) is 20.0. The van der Waals surface area contributed by atoms with Gasteiger partial charge < -0.3 is 15.0 Å². The van der Waals surface area contributed by atoms with Gasteiger partial charge in [-0.1, -0.05) is 19.3 Å². The summed E-state index contributed by atoms with van der Waals surface area (Å²) >= 11 is 0. The Morgan fingerprint density at radius 2 is 1.84 bits per heavy atom. The van der Waals surface area contributed by atoms with Gasteiger partial charge in [0.15, 0.2) is 12.4 Å². The van der Waals surface area contributed by atoms with Gasteiger partial charge in [0.1, 0.15) is 12.1 Å². The van der Waals surface area contributed by atoms with Crippen molar-refractivity contribution in [3.05, 3.63) is 29.3 Å². The molecule has 4 rings (SSSR count). The number of hydrogen-bond donors (Lipinski definition) is 1. The number of nitrogens with one attached hydrogen (secondary N) is 1. The fourth-order valence-electron chi connectivity index (χ4n) is 4.63. The Morgan fingerprint density at radius 3 is 2.58 bits per heavy atom. The molecule has 164 valence electrons. The summed E-state index contributed by atoms with van der Waals surface area (Å²) in [7, 11) is 1.60. The van der Waals surface area contributed by atoms with Gasteiger partial charge in [-0.3, -0.25) is 24.1 Å². The smallest absolute Gasteiger partial charge is 0.327 e. The molecule has 3 aliphatic rings. The molecule has 1 aromatic rings. The molecule has 1 aromatic carbocycles. The van der Waals surface area contributed by atoms with Crippen LogP contribution in [0.4, 0.5) is 10.5 Å². The van der Waals surface area contributed by atoms with E-state index in [0.717, 1.165) is 29.7 Å². The molecule has 2 heterocycles. The van der Waals surface area contributed by atoms with Crippen LogP contribution in [0.3, 0.4) is 0 Å². The number of anilines is 1. The van der Waals surface area contributed by atoms with E-state index in [4.69, 9.17) is 4.74 Å². The van der Waals surface area contributed by atoms with Gasteiger partial charge in [-0.25, -0.2) is 4.79 Å². The van der Waals surface area contributed by atoms with Crippen molar-refractivity contribution in [1.29, 1.82) is 0 Å². The maximum Gasteiger partial charge on any atom is 0.327 e. The average Bonchev–Trinajstić information content (AvgIpc) is 2.94. The van der Waals surface area contributed by atoms with Crippen LogP contribution in [0, 0.1) is 0 Å². The second-order valence-electron chi connectivity index (χ2n) is 8.33. The topological polar surface area (TPSA) is 113 Å². The molecule has 0 bridgehead atoms. The summed E-state index contributed by atoms with van der Waals surface area (Å²) in [5.74, 6) is -1.62. The Labute approximate surface area is 179 Å². The summed E-state index contributed by atoms with van der Waals surface area (Å²) in [5.41, 5.74) is 1.05. The third kappa shape index (κ3) is 3.80. The van der Waals surface area contributed by atoms with Crippen LogP contribution in [-0.4, -0.2) is 65.1 Å². The highest BCUT2D eigenvalue weighted by Gasteiger charge is 2.55. The highest BCUT2D eigenvalue weighted by molar-refractivity contribution is 6.08. The van der Waals surface area contributed by atoms with Crippen LogP contribution in [0.15, 0.2) is 18.2 Å². The number of ether oxygens (including phenoxy) is 1. The molecule has 0 atom stereocenters. The zero-order chi connectivity index (χ0) is 22.2. The van der Waals surface area contributed by atoms with Gasteiger partial charge in [-0.15, -0.1) is 0 Å². The van der Waals surface area contributed by atoms with Crippen LogP contribution < -0.4 is 5.32 Å². The molecule has 2 aliphatic heterocycles. The molecule has 2 fully saturated rings. The Kier molecular flexibility index (Phi) is 5.51. The van der Waals surface area contributed by atoms with Crippen molar-refractivity contribution in [2.75, 3.05) is 25.5 Å². The second-order valence-corrected chi connectivity index (χ2v) is 8.33. The monoisotopic (exact) mass is 427 g/mol. The van der Waals surface area contributed by atoms with Crippen LogP contribution in [0.5, 0.6) is 0 Å². The molecule has 1 N–H and O–H groups in total. The molecular weight excluding hydrogens is 402 g/mol. The minimum Gasteiger partial charge on any atom is -0.456 e. The Balaban J connectivity index is 1.35. The second kappa shape index (κ2) is 8.13. The lowest BCUT2D eigenvalue weighted by Gasteiger charge is -2.35. The minimum atomic E-state index is -0.857. The summed E-state index contributed by atoms with van der Waals surface area (Å²) in [6.07, 6.45) is 4.83. The third-order valence-electron chi connectivity index (χ3n) is 6.46. The van der Waals surface area contributed by atoms with Gasteiger partial charge in [0.2, 0.25) is 5.91 Å². The predicted molar refractivity (Wildman–Crippen MR) is 109 cm³/mol. The first-order valence-corrected chi connectivity index (χ1v) is 10.5. The van der Waals surface area contributed by atoms with Gasteiger partial charge in [-0.05, 0) is 43.0 Å². The number of fused-ring (bicyclic) bond motifs is 1. The number of imide groups is 1. The lowest BCUT2D eigenvalue weighted by atomic mass is 9.81.